The fourth-order valence-corrected chi connectivity index (χ4v) is 3.03. The number of nitrogens with one attached hydrogen (secondary N) is 1. The number of ether oxygens (including phenoxy) is 1. The number of hydrogen-bond acceptors (Lipinski definition) is 4. The highest BCUT2D eigenvalue weighted by Crippen LogP contribution is 2.27. The summed E-state index contributed by atoms with van der Waals surface area (Å²) in [5.74, 6) is 0.892. The first-order valence-electron chi connectivity index (χ1n) is 6.46. The Morgan fingerprint density at radius 2 is 2.05 bits per heavy atom. The van der Waals surface area contributed by atoms with Gasteiger partial charge in [0.25, 0.3) is 0 Å². The lowest BCUT2D eigenvalue weighted by atomic mass is 9.93. The Hall–Kier alpha value is -1.39. The van der Waals surface area contributed by atoms with Crippen LogP contribution in [-0.2, 0) is 12.0 Å². The van der Waals surface area contributed by atoms with E-state index in [-0.39, 0.29) is 5.54 Å². The predicted octanol–water partition coefficient (Wildman–Crippen LogP) is 3.22. The van der Waals surface area contributed by atoms with Crippen LogP contribution in [0.4, 0.5) is 0 Å². The molecule has 4 heteroatoms. The number of likely N-dealkylation sites (N-methyl/N-ethyl adjacent to an activating group) is 1. The molecule has 0 spiro atoms. The van der Waals surface area contributed by atoms with Crippen molar-refractivity contribution in [2.45, 2.75) is 25.8 Å². The van der Waals surface area contributed by atoms with Gasteiger partial charge in [0, 0.05) is 11.6 Å². The maximum absolute atomic E-state index is 5.19. The fraction of sp³-hybridized carbons (Fsp3) is 0.400. The number of hydrogen-bond donors (Lipinski definition) is 1. The Labute approximate surface area is 118 Å². The monoisotopic (exact) mass is 276 g/mol. The Morgan fingerprint density at radius 3 is 2.58 bits per heavy atom. The largest absolute Gasteiger partial charge is 0.497 e. The molecule has 1 aromatic carbocycles. The van der Waals surface area contributed by atoms with Gasteiger partial charge < -0.3 is 10.1 Å². The van der Waals surface area contributed by atoms with E-state index >= 15 is 0 Å². The summed E-state index contributed by atoms with van der Waals surface area (Å²) in [4.78, 5) is 4.47. The molecule has 0 aliphatic heterocycles. The van der Waals surface area contributed by atoms with Gasteiger partial charge in [0.15, 0.2) is 0 Å². The highest BCUT2D eigenvalue weighted by atomic mass is 32.1. The summed E-state index contributed by atoms with van der Waals surface area (Å²) in [5, 5.41) is 6.71. The first-order chi connectivity index (χ1) is 9.18. The molecule has 0 bridgehead atoms. The van der Waals surface area contributed by atoms with E-state index in [1.54, 1.807) is 18.4 Å². The van der Waals surface area contributed by atoms with Gasteiger partial charge in [-0.1, -0.05) is 19.1 Å². The van der Waals surface area contributed by atoms with Crippen LogP contribution in [0.2, 0.25) is 0 Å². The second-order valence-corrected chi connectivity index (χ2v) is 5.62. The second-order valence-electron chi connectivity index (χ2n) is 4.72. The molecule has 1 unspecified atom stereocenters. The summed E-state index contributed by atoms with van der Waals surface area (Å²) in [5.41, 5.74) is 1.16. The van der Waals surface area contributed by atoms with Crippen LogP contribution >= 0.6 is 11.3 Å². The summed E-state index contributed by atoms with van der Waals surface area (Å²) < 4.78 is 5.19. The standard InChI is InChI=1S/C15H20N2OS/c1-4-17-15(2,14-16-9-10-19-14)11-12-5-7-13(18-3)8-6-12/h5-10,17H,4,11H2,1-3H3. The molecule has 0 saturated heterocycles. The van der Waals surface area contributed by atoms with Crippen LogP contribution in [0.15, 0.2) is 35.8 Å². The molecular formula is C15H20N2OS. The zero-order chi connectivity index (χ0) is 13.7. The summed E-state index contributed by atoms with van der Waals surface area (Å²) in [6, 6.07) is 8.23. The summed E-state index contributed by atoms with van der Waals surface area (Å²) >= 11 is 1.70. The first-order valence-corrected chi connectivity index (χ1v) is 7.34. The van der Waals surface area contributed by atoms with Gasteiger partial charge >= 0.3 is 0 Å². The van der Waals surface area contributed by atoms with Crippen LogP contribution in [0.5, 0.6) is 5.75 Å². The molecule has 0 fully saturated rings. The van der Waals surface area contributed by atoms with Crippen molar-refractivity contribution < 1.29 is 4.74 Å². The quantitative estimate of drug-likeness (QED) is 0.879. The van der Waals surface area contributed by atoms with E-state index in [4.69, 9.17) is 4.74 Å². The highest BCUT2D eigenvalue weighted by Gasteiger charge is 2.28. The molecular weight excluding hydrogens is 256 g/mol. The molecule has 0 saturated carbocycles. The lowest BCUT2D eigenvalue weighted by molar-refractivity contribution is 0.371. The van der Waals surface area contributed by atoms with Crippen molar-refractivity contribution in [2.24, 2.45) is 0 Å². The molecule has 1 atom stereocenters. The first kappa shape index (κ1) is 14.0. The number of benzene rings is 1. The van der Waals surface area contributed by atoms with Gasteiger partial charge in [-0.05, 0) is 37.6 Å². The molecule has 1 aromatic heterocycles. The Kier molecular flexibility index (Phi) is 4.56. The van der Waals surface area contributed by atoms with E-state index in [0.717, 1.165) is 23.7 Å². The topological polar surface area (TPSA) is 34.1 Å². The van der Waals surface area contributed by atoms with Crippen molar-refractivity contribution in [3.8, 4) is 5.75 Å². The van der Waals surface area contributed by atoms with Gasteiger partial charge in [-0.3, -0.25) is 0 Å². The van der Waals surface area contributed by atoms with E-state index in [0.29, 0.717) is 0 Å². The minimum Gasteiger partial charge on any atom is -0.497 e. The maximum Gasteiger partial charge on any atom is 0.118 e. The molecule has 3 nitrogen and oxygen atoms in total. The van der Waals surface area contributed by atoms with Crippen LogP contribution in [0.25, 0.3) is 0 Å². The molecule has 2 rings (SSSR count). The molecule has 0 aliphatic carbocycles. The van der Waals surface area contributed by atoms with Crippen molar-refractivity contribution in [3.63, 3.8) is 0 Å². The summed E-state index contributed by atoms with van der Waals surface area (Å²) in [6.07, 6.45) is 2.78. The molecule has 0 radical (unpaired) electrons. The van der Waals surface area contributed by atoms with Crippen molar-refractivity contribution in [1.29, 1.82) is 0 Å². The lowest BCUT2D eigenvalue weighted by Crippen LogP contribution is -2.41. The third-order valence-electron chi connectivity index (χ3n) is 3.19. The van der Waals surface area contributed by atoms with Gasteiger partial charge in [0.05, 0.1) is 12.6 Å². The van der Waals surface area contributed by atoms with E-state index in [1.165, 1.54) is 5.56 Å². The van der Waals surface area contributed by atoms with E-state index in [1.807, 2.05) is 23.7 Å². The second kappa shape index (κ2) is 6.17. The van der Waals surface area contributed by atoms with Crippen molar-refractivity contribution in [1.82, 2.24) is 10.3 Å². The van der Waals surface area contributed by atoms with Crippen LogP contribution < -0.4 is 10.1 Å². The van der Waals surface area contributed by atoms with Crippen LogP contribution in [0, 0.1) is 0 Å². The van der Waals surface area contributed by atoms with Gasteiger partial charge in [0.2, 0.25) is 0 Å². The van der Waals surface area contributed by atoms with Crippen molar-refractivity contribution >= 4 is 11.3 Å². The average Bonchev–Trinajstić information content (AvgIpc) is 2.94. The molecule has 2 aromatic rings. The number of thiazole rings is 1. The number of aromatic nitrogens is 1. The molecule has 19 heavy (non-hydrogen) atoms. The van der Waals surface area contributed by atoms with Crippen LogP contribution in [-0.4, -0.2) is 18.6 Å². The number of rotatable bonds is 6. The fourth-order valence-electron chi connectivity index (χ4n) is 2.25. The SMILES string of the molecule is CCNC(C)(Cc1ccc(OC)cc1)c1nccs1. The van der Waals surface area contributed by atoms with Crippen molar-refractivity contribution in [2.75, 3.05) is 13.7 Å². The third kappa shape index (κ3) is 3.33. The number of nitrogens with zero attached hydrogens (tertiary/aromatic N) is 1. The van der Waals surface area contributed by atoms with Gasteiger partial charge in [-0.15, -0.1) is 11.3 Å². The molecule has 0 aliphatic rings. The summed E-state index contributed by atoms with van der Waals surface area (Å²) in [6.45, 7) is 5.26. The minimum atomic E-state index is -0.114. The van der Waals surface area contributed by atoms with E-state index in [2.05, 4.69) is 36.3 Å². The smallest absolute Gasteiger partial charge is 0.118 e. The molecule has 1 heterocycles. The third-order valence-corrected chi connectivity index (χ3v) is 4.23. The predicted molar refractivity (Wildman–Crippen MR) is 79.8 cm³/mol. The Bertz CT molecular complexity index is 495. The van der Waals surface area contributed by atoms with E-state index in [9.17, 15) is 0 Å². The molecule has 1 N–H and O–H groups in total. The summed E-state index contributed by atoms with van der Waals surface area (Å²) in [7, 11) is 1.69. The molecule has 0 amide bonds. The van der Waals surface area contributed by atoms with Gasteiger partial charge in [0.1, 0.15) is 10.8 Å². The highest BCUT2D eigenvalue weighted by molar-refractivity contribution is 7.09. The lowest BCUT2D eigenvalue weighted by Gasteiger charge is -2.28. The normalized spacial score (nSPS) is 14.1. The van der Waals surface area contributed by atoms with Gasteiger partial charge in [-0.2, -0.15) is 0 Å². The maximum atomic E-state index is 5.19. The Balaban J connectivity index is 2.20. The molecule has 102 valence electrons. The number of methoxy groups -OCH3 is 1. The zero-order valence-corrected chi connectivity index (χ0v) is 12.5. The average molecular weight is 276 g/mol. The minimum absolute atomic E-state index is 0.114. The van der Waals surface area contributed by atoms with Crippen LogP contribution in [0.1, 0.15) is 24.4 Å². The van der Waals surface area contributed by atoms with Crippen LogP contribution in [0.3, 0.4) is 0 Å². The Morgan fingerprint density at radius 1 is 1.32 bits per heavy atom. The zero-order valence-electron chi connectivity index (χ0n) is 11.6. The van der Waals surface area contributed by atoms with Crippen molar-refractivity contribution in [3.05, 3.63) is 46.4 Å². The van der Waals surface area contributed by atoms with E-state index < -0.39 is 0 Å². The van der Waals surface area contributed by atoms with Gasteiger partial charge in [-0.25, -0.2) is 4.98 Å².